The molecule has 0 saturated carbocycles. The summed E-state index contributed by atoms with van der Waals surface area (Å²) in [5, 5.41) is 0. The van der Waals surface area contributed by atoms with Gasteiger partial charge < -0.3 is 10.6 Å². The summed E-state index contributed by atoms with van der Waals surface area (Å²) in [5.41, 5.74) is 5.94. The standard InChI is InChI=1S/C11H17N3/c1-9-4-6-14(7-5-9)10-2-3-11(12)13-8-10/h2-3,8-9H,4-7H2,1H3,(H2,12,13)/i2D,3D,8D. The molecule has 1 saturated heterocycles. The minimum atomic E-state index is -0.0744. The van der Waals surface area contributed by atoms with Gasteiger partial charge in [-0.2, -0.15) is 0 Å². The van der Waals surface area contributed by atoms with Crippen LogP contribution in [0.3, 0.4) is 0 Å². The van der Waals surface area contributed by atoms with Crippen LogP contribution in [0.1, 0.15) is 23.9 Å². The quantitative estimate of drug-likeness (QED) is 0.742. The Morgan fingerprint density at radius 1 is 1.50 bits per heavy atom. The maximum Gasteiger partial charge on any atom is 0.123 e. The second-order valence-corrected chi connectivity index (χ2v) is 3.88. The fraction of sp³-hybridized carbons (Fsp3) is 0.545. The SMILES string of the molecule is [2H]c1nc(N)c([2H])c([2H])c1N1CCC(C)CC1. The van der Waals surface area contributed by atoms with Crippen LogP contribution < -0.4 is 10.6 Å². The number of nitrogens with zero attached hydrogens (tertiary/aromatic N) is 2. The van der Waals surface area contributed by atoms with Crippen LogP contribution in [-0.4, -0.2) is 18.1 Å². The zero-order valence-electron chi connectivity index (χ0n) is 11.4. The lowest BCUT2D eigenvalue weighted by atomic mass is 9.99. The summed E-state index contributed by atoms with van der Waals surface area (Å²) >= 11 is 0. The topological polar surface area (TPSA) is 42.1 Å². The summed E-state index contributed by atoms with van der Waals surface area (Å²) in [4.78, 5) is 5.80. The van der Waals surface area contributed by atoms with Gasteiger partial charge in [0.2, 0.25) is 0 Å². The molecular formula is C11H17N3. The highest BCUT2D eigenvalue weighted by atomic mass is 15.1. The van der Waals surface area contributed by atoms with Gasteiger partial charge in [-0.1, -0.05) is 6.92 Å². The summed E-state index contributed by atoms with van der Waals surface area (Å²) in [5.74, 6) is 0.654. The van der Waals surface area contributed by atoms with Crippen LogP contribution in [0.2, 0.25) is 0 Å². The third kappa shape index (κ3) is 1.97. The Balaban J connectivity index is 2.35. The zero-order chi connectivity index (χ0) is 12.6. The fourth-order valence-electron chi connectivity index (χ4n) is 1.67. The lowest BCUT2D eigenvalue weighted by Crippen LogP contribution is -2.32. The molecule has 2 N–H and O–H groups in total. The predicted octanol–water partition coefficient (Wildman–Crippen LogP) is 1.90. The third-order valence-corrected chi connectivity index (χ3v) is 2.69. The molecule has 1 aliphatic heterocycles. The number of nitrogens with two attached hydrogens (primary N) is 1. The van der Waals surface area contributed by atoms with E-state index in [9.17, 15) is 0 Å². The molecule has 2 rings (SSSR count). The molecule has 2 heterocycles. The van der Waals surface area contributed by atoms with Gasteiger partial charge in [0.25, 0.3) is 0 Å². The minimum Gasteiger partial charge on any atom is -0.384 e. The second kappa shape index (κ2) is 3.86. The lowest BCUT2D eigenvalue weighted by molar-refractivity contribution is 0.438. The number of anilines is 2. The van der Waals surface area contributed by atoms with Gasteiger partial charge in [0.05, 0.1) is 16.0 Å². The van der Waals surface area contributed by atoms with Crippen LogP contribution in [0.25, 0.3) is 0 Å². The summed E-state index contributed by atoms with van der Waals surface area (Å²) < 4.78 is 23.3. The molecule has 1 aromatic rings. The fourth-order valence-corrected chi connectivity index (χ4v) is 1.67. The normalized spacial score (nSPS) is 21.5. The summed E-state index contributed by atoms with van der Waals surface area (Å²) in [6, 6.07) is -0.0494. The lowest BCUT2D eigenvalue weighted by Gasteiger charge is -2.31. The molecule has 3 heteroatoms. The van der Waals surface area contributed by atoms with Crippen LogP contribution in [0.15, 0.2) is 18.3 Å². The van der Waals surface area contributed by atoms with Crippen LogP contribution >= 0.6 is 0 Å². The Hall–Kier alpha value is -1.25. The van der Waals surface area contributed by atoms with Crippen molar-refractivity contribution >= 4 is 11.5 Å². The van der Waals surface area contributed by atoms with Gasteiger partial charge in [-0.25, -0.2) is 4.98 Å². The van der Waals surface area contributed by atoms with Gasteiger partial charge in [0, 0.05) is 13.1 Å². The first-order valence-electron chi connectivity index (χ1n) is 6.49. The highest BCUT2D eigenvalue weighted by molar-refractivity contribution is 5.48. The molecular weight excluding hydrogens is 174 g/mol. The first kappa shape index (κ1) is 6.27. The average Bonchev–Trinajstić information content (AvgIpc) is 2.29. The molecule has 1 fully saturated rings. The molecule has 14 heavy (non-hydrogen) atoms. The van der Waals surface area contributed by atoms with E-state index < -0.39 is 0 Å². The van der Waals surface area contributed by atoms with Crippen molar-refractivity contribution < 1.29 is 4.11 Å². The monoisotopic (exact) mass is 194 g/mol. The highest BCUT2D eigenvalue weighted by Gasteiger charge is 2.15. The van der Waals surface area contributed by atoms with E-state index in [1.54, 1.807) is 0 Å². The Morgan fingerprint density at radius 3 is 2.93 bits per heavy atom. The summed E-state index contributed by atoms with van der Waals surface area (Å²) in [6.45, 7) is 3.85. The average molecular weight is 194 g/mol. The van der Waals surface area contributed by atoms with E-state index in [0.29, 0.717) is 11.6 Å². The van der Waals surface area contributed by atoms with Crippen molar-refractivity contribution in [3.05, 3.63) is 18.3 Å². The molecule has 0 unspecified atom stereocenters. The maximum absolute atomic E-state index is 7.89. The number of rotatable bonds is 1. The number of pyridine rings is 1. The van der Waals surface area contributed by atoms with Gasteiger partial charge in [0.15, 0.2) is 0 Å². The largest absolute Gasteiger partial charge is 0.384 e. The number of piperidine rings is 1. The van der Waals surface area contributed by atoms with Crippen LogP contribution in [0.5, 0.6) is 0 Å². The number of hydrogen-bond acceptors (Lipinski definition) is 3. The van der Waals surface area contributed by atoms with Crippen molar-refractivity contribution in [3.63, 3.8) is 0 Å². The Morgan fingerprint density at radius 2 is 2.21 bits per heavy atom. The van der Waals surface area contributed by atoms with Crippen molar-refractivity contribution in [1.29, 1.82) is 0 Å². The number of aromatic nitrogens is 1. The van der Waals surface area contributed by atoms with E-state index >= 15 is 0 Å². The van der Waals surface area contributed by atoms with E-state index in [0.717, 1.165) is 25.9 Å². The third-order valence-electron chi connectivity index (χ3n) is 2.69. The first-order valence-corrected chi connectivity index (χ1v) is 4.99. The molecule has 0 aromatic carbocycles. The Kier molecular flexibility index (Phi) is 1.73. The van der Waals surface area contributed by atoms with E-state index in [1.165, 1.54) is 0 Å². The molecule has 76 valence electrons. The van der Waals surface area contributed by atoms with Crippen LogP contribution in [0.4, 0.5) is 11.5 Å². The Bertz CT molecular complexity index is 428. The zero-order valence-corrected chi connectivity index (χ0v) is 8.38. The molecule has 0 spiro atoms. The van der Waals surface area contributed by atoms with Gasteiger partial charge >= 0.3 is 0 Å². The van der Waals surface area contributed by atoms with Gasteiger partial charge in [0.1, 0.15) is 5.82 Å². The molecule has 3 nitrogen and oxygen atoms in total. The van der Waals surface area contributed by atoms with Crippen molar-refractivity contribution in [2.75, 3.05) is 23.7 Å². The first-order chi connectivity index (χ1) is 8.00. The van der Waals surface area contributed by atoms with Gasteiger partial charge in [-0.15, -0.1) is 0 Å². The van der Waals surface area contributed by atoms with E-state index in [2.05, 4.69) is 11.9 Å². The molecule has 1 aliphatic rings. The van der Waals surface area contributed by atoms with Crippen LogP contribution in [0, 0.1) is 5.92 Å². The van der Waals surface area contributed by atoms with Crippen molar-refractivity contribution in [2.24, 2.45) is 5.92 Å². The highest BCUT2D eigenvalue weighted by Crippen LogP contribution is 2.22. The van der Waals surface area contributed by atoms with E-state index in [-0.39, 0.29) is 24.1 Å². The summed E-state index contributed by atoms with van der Waals surface area (Å²) in [7, 11) is 0. The Labute approximate surface area is 89.1 Å². The smallest absolute Gasteiger partial charge is 0.123 e. The van der Waals surface area contributed by atoms with Crippen molar-refractivity contribution in [1.82, 2.24) is 4.98 Å². The molecule has 1 aromatic heterocycles. The van der Waals surface area contributed by atoms with Gasteiger partial charge in [-0.05, 0) is 30.8 Å². The number of hydrogen-bond donors (Lipinski definition) is 1. The van der Waals surface area contributed by atoms with Crippen molar-refractivity contribution in [2.45, 2.75) is 19.8 Å². The molecule has 0 amide bonds. The molecule has 0 aliphatic carbocycles. The molecule has 0 radical (unpaired) electrons. The number of nitrogen functional groups attached to an aromatic ring is 1. The minimum absolute atomic E-state index is 0.0121. The summed E-state index contributed by atoms with van der Waals surface area (Å²) in [6.07, 6.45) is 2.12. The van der Waals surface area contributed by atoms with E-state index in [4.69, 9.17) is 9.85 Å². The van der Waals surface area contributed by atoms with Crippen LogP contribution in [-0.2, 0) is 0 Å². The molecule has 0 bridgehead atoms. The second-order valence-electron chi connectivity index (χ2n) is 3.88. The molecule has 0 atom stereocenters. The van der Waals surface area contributed by atoms with Crippen molar-refractivity contribution in [3.8, 4) is 0 Å². The van der Waals surface area contributed by atoms with E-state index in [1.807, 2.05) is 4.90 Å². The van der Waals surface area contributed by atoms with Gasteiger partial charge in [-0.3, -0.25) is 0 Å². The maximum atomic E-state index is 7.89. The predicted molar refractivity (Wildman–Crippen MR) is 59.3 cm³/mol.